The number of nitrogen functional groups attached to an aromatic ring is 1. The molecule has 0 radical (unpaired) electrons. The van der Waals surface area contributed by atoms with Crippen molar-refractivity contribution < 1.29 is 17.7 Å². The third kappa shape index (κ3) is 2.30. The first-order chi connectivity index (χ1) is 8.71. The van der Waals surface area contributed by atoms with Gasteiger partial charge in [0.05, 0.1) is 5.56 Å². The van der Waals surface area contributed by atoms with Crippen molar-refractivity contribution in [3.63, 3.8) is 0 Å². The van der Waals surface area contributed by atoms with Gasteiger partial charge in [-0.3, -0.25) is 0 Å². The lowest BCUT2D eigenvalue weighted by molar-refractivity contribution is -0.142. The number of nitrogens with two attached hydrogens (primary N) is 1. The molecule has 0 saturated heterocycles. The molecule has 3 nitrogen and oxygen atoms in total. The molecule has 0 amide bonds. The molecular formula is C13H13F3N2O. The molecule has 0 bridgehead atoms. The van der Waals surface area contributed by atoms with E-state index in [2.05, 4.69) is 9.68 Å². The summed E-state index contributed by atoms with van der Waals surface area (Å²) in [5, 5.41) is 3.04. The highest BCUT2D eigenvalue weighted by atomic mass is 19.4. The quantitative estimate of drug-likeness (QED) is 0.855. The van der Waals surface area contributed by atoms with Gasteiger partial charge < -0.3 is 10.3 Å². The van der Waals surface area contributed by atoms with E-state index in [0.29, 0.717) is 16.7 Å². The van der Waals surface area contributed by atoms with E-state index in [1.807, 2.05) is 6.92 Å². The van der Waals surface area contributed by atoms with E-state index in [9.17, 15) is 13.2 Å². The summed E-state index contributed by atoms with van der Waals surface area (Å²) in [5.74, 6) is -0.317. The highest BCUT2D eigenvalue weighted by Crippen LogP contribution is 2.42. The molecule has 0 fully saturated rings. The lowest BCUT2D eigenvalue weighted by Crippen LogP contribution is -2.08. The smallest absolute Gasteiger partial charge is 0.367 e. The van der Waals surface area contributed by atoms with Crippen LogP contribution in [0.4, 0.5) is 19.1 Å². The normalized spacial score (nSPS) is 11.9. The van der Waals surface area contributed by atoms with Gasteiger partial charge >= 0.3 is 6.18 Å². The molecule has 6 heteroatoms. The third-order valence-electron chi connectivity index (χ3n) is 2.91. The Kier molecular flexibility index (Phi) is 3.04. The maximum Gasteiger partial charge on any atom is 0.437 e. The first kappa shape index (κ1) is 13.5. The van der Waals surface area contributed by atoms with Crippen LogP contribution >= 0.6 is 0 Å². The number of alkyl halides is 3. The van der Waals surface area contributed by atoms with Crippen LogP contribution in [0.1, 0.15) is 22.4 Å². The number of aryl methyl sites for hydroxylation is 3. The van der Waals surface area contributed by atoms with Crippen molar-refractivity contribution in [2.24, 2.45) is 0 Å². The topological polar surface area (TPSA) is 52.0 Å². The maximum absolute atomic E-state index is 12.9. The molecule has 2 aromatic rings. The van der Waals surface area contributed by atoms with Gasteiger partial charge in [-0.2, -0.15) is 13.2 Å². The van der Waals surface area contributed by atoms with Crippen molar-refractivity contribution in [3.8, 4) is 11.1 Å². The van der Waals surface area contributed by atoms with E-state index in [0.717, 1.165) is 5.56 Å². The van der Waals surface area contributed by atoms with Crippen LogP contribution < -0.4 is 5.73 Å². The number of nitrogens with zero attached hydrogens (tertiary/aromatic N) is 1. The van der Waals surface area contributed by atoms with Crippen molar-refractivity contribution in [1.82, 2.24) is 5.16 Å². The first-order valence-corrected chi connectivity index (χ1v) is 5.62. The molecule has 1 aromatic heterocycles. The zero-order valence-electron chi connectivity index (χ0n) is 10.7. The number of aromatic nitrogens is 1. The number of halogens is 3. The summed E-state index contributed by atoms with van der Waals surface area (Å²) in [5.41, 5.74) is 7.07. The van der Waals surface area contributed by atoms with E-state index in [-0.39, 0.29) is 11.4 Å². The molecule has 1 aromatic carbocycles. The Balaban J connectivity index is 2.77. The predicted octanol–water partition coefficient (Wildman–Crippen LogP) is 3.87. The standard InChI is InChI=1S/C13H13F3N2O/c1-6-4-7(2)9(8(3)5-6)10-11(13(14,15)16)18-19-12(10)17/h4-5H,17H2,1-3H3. The molecule has 0 aliphatic carbocycles. The lowest BCUT2D eigenvalue weighted by atomic mass is 9.93. The van der Waals surface area contributed by atoms with E-state index in [1.165, 1.54) is 0 Å². The van der Waals surface area contributed by atoms with Crippen molar-refractivity contribution in [2.45, 2.75) is 26.9 Å². The van der Waals surface area contributed by atoms with E-state index < -0.39 is 11.9 Å². The highest BCUT2D eigenvalue weighted by Gasteiger charge is 2.40. The summed E-state index contributed by atoms with van der Waals surface area (Å²) in [4.78, 5) is 0. The van der Waals surface area contributed by atoms with Crippen molar-refractivity contribution in [3.05, 3.63) is 34.5 Å². The lowest BCUT2D eigenvalue weighted by Gasteiger charge is -2.12. The Labute approximate surface area is 108 Å². The average molecular weight is 270 g/mol. The fraction of sp³-hybridized carbons (Fsp3) is 0.308. The molecule has 102 valence electrons. The predicted molar refractivity (Wildman–Crippen MR) is 65.6 cm³/mol. The minimum atomic E-state index is -4.60. The molecule has 0 saturated carbocycles. The number of hydrogen-bond acceptors (Lipinski definition) is 3. The Hall–Kier alpha value is -1.98. The van der Waals surface area contributed by atoms with Crippen molar-refractivity contribution in [1.29, 1.82) is 0 Å². The van der Waals surface area contributed by atoms with E-state index >= 15 is 0 Å². The highest BCUT2D eigenvalue weighted by molar-refractivity contribution is 5.80. The Morgan fingerprint density at radius 1 is 1.05 bits per heavy atom. The third-order valence-corrected chi connectivity index (χ3v) is 2.91. The van der Waals surface area contributed by atoms with Gasteiger partial charge in [0.15, 0.2) is 5.69 Å². The summed E-state index contributed by atoms with van der Waals surface area (Å²) in [6.45, 7) is 5.36. The largest absolute Gasteiger partial charge is 0.437 e. The minimum absolute atomic E-state index is 0.178. The molecule has 19 heavy (non-hydrogen) atoms. The van der Waals surface area contributed by atoms with Crippen LogP contribution in [0.15, 0.2) is 16.7 Å². The van der Waals surface area contributed by atoms with Crippen LogP contribution in [0.2, 0.25) is 0 Å². The molecule has 1 heterocycles. The van der Waals surface area contributed by atoms with Crippen LogP contribution in [0.5, 0.6) is 0 Å². The van der Waals surface area contributed by atoms with Gasteiger partial charge in [0.1, 0.15) is 0 Å². The second-order valence-corrected chi connectivity index (χ2v) is 4.54. The van der Waals surface area contributed by atoms with Crippen LogP contribution in [0.3, 0.4) is 0 Å². The number of rotatable bonds is 1. The summed E-state index contributed by atoms with van der Waals surface area (Å²) < 4.78 is 43.3. The second kappa shape index (κ2) is 4.29. The first-order valence-electron chi connectivity index (χ1n) is 5.62. The summed E-state index contributed by atoms with van der Waals surface area (Å²) >= 11 is 0. The Morgan fingerprint density at radius 2 is 1.58 bits per heavy atom. The fourth-order valence-corrected chi connectivity index (χ4v) is 2.31. The van der Waals surface area contributed by atoms with E-state index in [4.69, 9.17) is 5.73 Å². The van der Waals surface area contributed by atoms with Crippen LogP contribution in [-0.4, -0.2) is 5.16 Å². The van der Waals surface area contributed by atoms with Gasteiger partial charge in [-0.15, -0.1) is 0 Å². The number of hydrogen-bond donors (Lipinski definition) is 1. The molecule has 0 atom stereocenters. The monoisotopic (exact) mass is 270 g/mol. The molecule has 0 aliphatic heterocycles. The molecular weight excluding hydrogens is 257 g/mol. The summed E-state index contributed by atoms with van der Waals surface area (Å²) in [6.07, 6.45) is -4.60. The van der Waals surface area contributed by atoms with Gasteiger partial charge in [-0.1, -0.05) is 22.9 Å². The molecule has 0 aliphatic rings. The van der Waals surface area contributed by atoms with Gasteiger partial charge in [0, 0.05) is 0 Å². The van der Waals surface area contributed by atoms with Gasteiger partial charge in [-0.25, -0.2) is 0 Å². The van der Waals surface area contributed by atoms with Gasteiger partial charge in [0.25, 0.3) is 0 Å². The second-order valence-electron chi connectivity index (χ2n) is 4.54. The average Bonchev–Trinajstić information content (AvgIpc) is 2.59. The summed E-state index contributed by atoms with van der Waals surface area (Å²) in [6, 6.07) is 3.60. The fourth-order valence-electron chi connectivity index (χ4n) is 2.31. The zero-order chi connectivity index (χ0) is 14.4. The maximum atomic E-state index is 12.9. The van der Waals surface area contributed by atoms with E-state index in [1.54, 1.807) is 26.0 Å². The van der Waals surface area contributed by atoms with Crippen molar-refractivity contribution in [2.75, 3.05) is 5.73 Å². The van der Waals surface area contributed by atoms with Crippen LogP contribution in [0, 0.1) is 20.8 Å². The number of benzene rings is 1. The zero-order valence-corrected chi connectivity index (χ0v) is 10.7. The summed E-state index contributed by atoms with van der Waals surface area (Å²) in [7, 11) is 0. The number of anilines is 1. The van der Waals surface area contributed by atoms with Gasteiger partial charge in [-0.05, 0) is 37.5 Å². The Bertz CT molecular complexity index is 606. The molecule has 2 rings (SSSR count). The SMILES string of the molecule is Cc1cc(C)c(-c2c(C(F)(F)F)noc2N)c(C)c1. The minimum Gasteiger partial charge on any atom is -0.367 e. The van der Waals surface area contributed by atoms with Gasteiger partial charge in [0.2, 0.25) is 5.88 Å². The van der Waals surface area contributed by atoms with Crippen molar-refractivity contribution >= 4 is 5.88 Å². The molecule has 2 N–H and O–H groups in total. The molecule has 0 spiro atoms. The van der Waals surface area contributed by atoms with Crippen LogP contribution in [-0.2, 0) is 6.18 Å². The molecule has 0 unspecified atom stereocenters. The van der Waals surface area contributed by atoms with Crippen LogP contribution in [0.25, 0.3) is 11.1 Å². The Morgan fingerprint density at radius 3 is 2.05 bits per heavy atom.